The topological polar surface area (TPSA) is 306 Å². The second kappa shape index (κ2) is 32.5. The summed E-state index contributed by atoms with van der Waals surface area (Å²) < 4.78 is 156. The van der Waals surface area contributed by atoms with Crippen LogP contribution in [0.15, 0.2) is 251 Å². The molecule has 0 radical (unpaired) electrons. The Morgan fingerprint density at radius 2 is 0.719 bits per heavy atom. The predicted molar refractivity (Wildman–Crippen MR) is 351 cm³/mol. The van der Waals surface area contributed by atoms with Crippen molar-refractivity contribution in [3.8, 4) is 34.5 Å². The quantitative estimate of drug-likeness (QED) is 0.0261. The summed E-state index contributed by atoms with van der Waals surface area (Å²) in [5.74, 6) is -0.745. The fourth-order valence-electron chi connectivity index (χ4n) is 8.64. The number of nitrogens with one attached hydrogen (secondary N) is 3. The van der Waals surface area contributed by atoms with Crippen LogP contribution >= 0.6 is 0 Å². The summed E-state index contributed by atoms with van der Waals surface area (Å²) in [6, 6.07) is 59.7. The average molecular weight is 1370 g/mol. The highest BCUT2D eigenvalue weighted by molar-refractivity contribution is 7.93. The number of aryl methyl sites for hydroxylation is 1. The number of carboxylic acids is 3. The summed E-state index contributed by atoms with van der Waals surface area (Å²) in [6.45, 7) is 2.69. The number of para-hydroxylation sites is 6. The lowest BCUT2D eigenvalue weighted by molar-refractivity contribution is -0.137. The number of anilines is 3. The van der Waals surface area contributed by atoms with Crippen LogP contribution in [0.4, 0.5) is 30.2 Å². The lowest BCUT2D eigenvalue weighted by Gasteiger charge is -2.15. The van der Waals surface area contributed by atoms with Crippen molar-refractivity contribution in [2.24, 2.45) is 0 Å². The van der Waals surface area contributed by atoms with E-state index in [1.165, 1.54) is 66.7 Å². The molecule has 0 aromatic heterocycles. The molecule has 10 aromatic carbocycles. The van der Waals surface area contributed by atoms with Gasteiger partial charge in [-0.05, 0) is 158 Å². The van der Waals surface area contributed by atoms with E-state index in [4.69, 9.17) is 43.7 Å². The SMILES string of the molecule is Cc1ccc(S(=O)(=O)Nc2ccccc2OCCOc2ccc(C(=O)O)cc2)cc1.O=C(O)c1ccc(OCCOc2ccccc2NS(=O)(=O)c2cccc(C(F)(F)F)c2)cc1.O=C(O)c1ccc(OCCOc2ccccc2NS(=O)(=O)c2cccc3ccccc23)cc1. The molecule has 0 saturated heterocycles. The number of benzene rings is 10. The van der Waals surface area contributed by atoms with Crippen molar-refractivity contribution in [3.05, 3.63) is 264 Å². The van der Waals surface area contributed by atoms with E-state index >= 15 is 0 Å². The largest absolute Gasteiger partial charge is 0.490 e. The van der Waals surface area contributed by atoms with Gasteiger partial charge in [0.2, 0.25) is 0 Å². The van der Waals surface area contributed by atoms with Gasteiger partial charge in [-0.1, -0.05) is 96.6 Å². The molecule has 10 rings (SSSR count). The third-order valence-corrected chi connectivity index (χ3v) is 17.5. The molecule has 0 aliphatic heterocycles. The Labute approximate surface area is 550 Å². The van der Waals surface area contributed by atoms with Gasteiger partial charge in [0.05, 0.1) is 54.0 Å². The van der Waals surface area contributed by atoms with Crippen LogP contribution in [0.25, 0.3) is 10.8 Å². The molecule has 0 aliphatic rings. The molecule has 0 aliphatic carbocycles. The predicted octanol–water partition coefficient (Wildman–Crippen LogP) is 13.4. The van der Waals surface area contributed by atoms with E-state index in [1.54, 1.807) is 127 Å². The van der Waals surface area contributed by atoms with Gasteiger partial charge in [0.25, 0.3) is 30.1 Å². The molecule has 0 fully saturated rings. The molecule has 0 atom stereocenters. The maximum atomic E-state index is 13.1. The molecule has 96 heavy (non-hydrogen) atoms. The highest BCUT2D eigenvalue weighted by Crippen LogP contribution is 2.34. The van der Waals surface area contributed by atoms with Crippen LogP contribution in [0.3, 0.4) is 0 Å². The number of alkyl halides is 3. The molecule has 0 bridgehead atoms. The summed E-state index contributed by atoms with van der Waals surface area (Å²) in [4.78, 5) is 32.4. The highest BCUT2D eigenvalue weighted by Gasteiger charge is 2.32. The minimum absolute atomic E-state index is 0.0168. The van der Waals surface area contributed by atoms with Crippen LogP contribution in [0.5, 0.6) is 34.5 Å². The second-order valence-electron chi connectivity index (χ2n) is 20.2. The highest BCUT2D eigenvalue weighted by atomic mass is 32.2. The normalized spacial score (nSPS) is 11.2. The van der Waals surface area contributed by atoms with Crippen molar-refractivity contribution in [2.45, 2.75) is 27.8 Å². The molecule has 0 saturated carbocycles. The number of hydrogen-bond acceptors (Lipinski definition) is 15. The van der Waals surface area contributed by atoms with Gasteiger partial charge in [0, 0.05) is 5.39 Å². The zero-order valence-corrected chi connectivity index (χ0v) is 53.0. The minimum atomic E-state index is -4.68. The Balaban J connectivity index is 0.000000184. The molecule has 10 aromatic rings. The third-order valence-electron chi connectivity index (χ3n) is 13.4. The van der Waals surface area contributed by atoms with E-state index in [1.807, 2.05) is 25.1 Å². The van der Waals surface area contributed by atoms with Crippen LogP contribution in [-0.2, 0) is 36.2 Å². The molecule has 0 unspecified atom stereocenters. The van der Waals surface area contributed by atoms with E-state index in [-0.39, 0.29) is 77.6 Å². The summed E-state index contributed by atoms with van der Waals surface area (Å²) in [5.41, 5.74) is 1.03. The number of fused-ring (bicyclic) bond motifs is 1. The van der Waals surface area contributed by atoms with Gasteiger partial charge in [-0.25, -0.2) is 39.6 Å². The monoisotopic (exact) mass is 1370 g/mol. The van der Waals surface area contributed by atoms with Crippen LogP contribution in [0.2, 0.25) is 0 Å². The average Bonchev–Trinajstić information content (AvgIpc) is 0.840. The first-order chi connectivity index (χ1) is 45.8. The van der Waals surface area contributed by atoms with Gasteiger partial charge < -0.3 is 43.7 Å². The number of aromatic carboxylic acids is 3. The molecule has 0 amide bonds. The van der Waals surface area contributed by atoms with Crippen molar-refractivity contribution < 1.29 is 96.5 Å². The lowest BCUT2D eigenvalue weighted by atomic mass is 10.1. The zero-order chi connectivity index (χ0) is 68.9. The Morgan fingerprint density at radius 3 is 1.12 bits per heavy atom. The van der Waals surface area contributed by atoms with E-state index in [9.17, 15) is 52.8 Å². The van der Waals surface area contributed by atoms with Gasteiger partial charge in [0.1, 0.15) is 74.1 Å². The van der Waals surface area contributed by atoms with Crippen LogP contribution in [0.1, 0.15) is 42.2 Å². The van der Waals surface area contributed by atoms with Crippen LogP contribution < -0.4 is 42.6 Å². The van der Waals surface area contributed by atoms with Crippen molar-refractivity contribution in [2.75, 3.05) is 53.8 Å². The maximum absolute atomic E-state index is 13.1. The number of carbonyl (C=O) groups is 3. The van der Waals surface area contributed by atoms with E-state index in [0.29, 0.717) is 51.6 Å². The summed E-state index contributed by atoms with van der Waals surface area (Å²) in [6.07, 6.45) is -4.68. The van der Waals surface area contributed by atoms with Crippen molar-refractivity contribution in [3.63, 3.8) is 0 Å². The molecule has 498 valence electrons. The number of carboxylic acid groups (broad SMARTS) is 3. The summed E-state index contributed by atoms with van der Waals surface area (Å²) in [7, 11) is -11.9. The number of hydrogen-bond donors (Lipinski definition) is 6. The first kappa shape index (κ1) is 70.6. The summed E-state index contributed by atoms with van der Waals surface area (Å²) >= 11 is 0. The maximum Gasteiger partial charge on any atom is 0.416 e. The zero-order valence-electron chi connectivity index (χ0n) is 50.6. The molecular weight excluding hydrogens is 1310 g/mol. The van der Waals surface area contributed by atoms with Gasteiger partial charge in [-0.3, -0.25) is 14.2 Å². The summed E-state index contributed by atoms with van der Waals surface area (Å²) in [5, 5.41) is 28.2. The van der Waals surface area contributed by atoms with Crippen molar-refractivity contribution in [1.82, 2.24) is 0 Å². The first-order valence-corrected chi connectivity index (χ1v) is 33.1. The number of rotatable bonds is 27. The lowest BCUT2D eigenvalue weighted by Crippen LogP contribution is -2.16. The number of ether oxygens (including phenoxy) is 6. The van der Waals surface area contributed by atoms with E-state index < -0.39 is 64.6 Å². The minimum Gasteiger partial charge on any atom is -0.490 e. The Morgan fingerprint density at radius 1 is 0.375 bits per heavy atom. The molecule has 21 nitrogen and oxygen atoms in total. The van der Waals surface area contributed by atoms with Gasteiger partial charge >= 0.3 is 24.1 Å². The second-order valence-corrected chi connectivity index (χ2v) is 25.2. The Hall–Kier alpha value is -11.3. The Bertz CT molecular complexity index is 4660. The standard InChI is InChI=1S/C25H21NO6S.C22H18F3NO6S.C22H21NO6S/c27-25(28)19-12-14-20(15-13-19)31-16-17-32-23-10-4-3-9-22(23)26-33(29,30)24-11-5-7-18-6-1-2-8-21(18)24;23-22(24,25)16-4-3-5-18(14-16)33(29,30)26-19-6-1-2-7-20(19)32-13-12-31-17-10-8-15(9-11-17)21(27)28;1-16-6-12-19(13-7-16)30(26,27)23-20-4-2-3-5-21(20)29-15-14-28-18-10-8-17(9-11-18)22(24)25/h1-15,26H,16-17H2,(H,27,28);1-11,14,26H,12-13H2,(H,27,28);2-13,23H,14-15H2,1H3,(H,24,25). The van der Waals surface area contributed by atoms with Crippen LogP contribution in [-0.4, -0.2) is 98.1 Å². The smallest absolute Gasteiger partial charge is 0.416 e. The Kier molecular flexibility index (Phi) is 23.9. The molecular formula is C69H60F3N3O18S3. The molecule has 0 heterocycles. The molecule has 0 spiro atoms. The van der Waals surface area contributed by atoms with Gasteiger partial charge in [-0.2, -0.15) is 13.2 Å². The molecule has 27 heteroatoms. The fraction of sp³-hybridized carbons (Fsp3) is 0.116. The van der Waals surface area contributed by atoms with E-state index in [2.05, 4.69) is 14.2 Å². The fourth-order valence-corrected chi connectivity index (χ4v) is 12.1. The van der Waals surface area contributed by atoms with Gasteiger partial charge in [-0.15, -0.1) is 0 Å². The number of halogens is 3. The third kappa shape index (κ3) is 20.4. The van der Waals surface area contributed by atoms with Crippen LogP contribution in [0, 0.1) is 6.92 Å². The van der Waals surface area contributed by atoms with Gasteiger partial charge in [0.15, 0.2) is 0 Å². The first-order valence-electron chi connectivity index (χ1n) is 28.7. The molecule has 6 N–H and O–H groups in total. The van der Waals surface area contributed by atoms with Crippen molar-refractivity contribution in [1.29, 1.82) is 0 Å². The van der Waals surface area contributed by atoms with Crippen molar-refractivity contribution >= 4 is 75.8 Å². The van der Waals surface area contributed by atoms with E-state index in [0.717, 1.165) is 29.1 Å². The number of sulfonamides is 3.